The maximum atomic E-state index is 12.9. The molecule has 76 valence electrons. The molecule has 0 spiro atoms. The van der Waals surface area contributed by atoms with Crippen LogP contribution in [-0.4, -0.2) is 29.0 Å². The van der Waals surface area contributed by atoms with Crippen molar-refractivity contribution in [3.8, 4) is 0 Å². The number of nitrogens with zero attached hydrogens (tertiary/aromatic N) is 3. The van der Waals surface area contributed by atoms with Crippen molar-refractivity contribution in [2.45, 2.75) is 12.3 Å². The number of rotatable bonds is 1. The van der Waals surface area contributed by atoms with Gasteiger partial charge in [-0.2, -0.15) is 0 Å². The number of hydrogen-bond acceptors (Lipinski definition) is 3. The smallest absolute Gasteiger partial charge is 0.266 e. The van der Waals surface area contributed by atoms with Crippen LogP contribution < -0.4 is 4.90 Å². The van der Waals surface area contributed by atoms with Crippen LogP contribution in [0.4, 0.5) is 14.6 Å². The van der Waals surface area contributed by atoms with Gasteiger partial charge in [-0.05, 0) is 0 Å². The molecule has 0 unspecified atom stereocenters. The molecule has 2 rings (SSSR count). The van der Waals surface area contributed by atoms with Gasteiger partial charge in [0.2, 0.25) is 0 Å². The van der Waals surface area contributed by atoms with Gasteiger partial charge in [0.1, 0.15) is 11.0 Å². The molecule has 1 aromatic rings. The molecule has 0 aromatic carbocycles. The first-order chi connectivity index (χ1) is 6.57. The van der Waals surface area contributed by atoms with Gasteiger partial charge in [0.05, 0.1) is 18.9 Å². The zero-order valence-corrected chi connectivity index (χ0v) is 8.01. The van der Waals surface area contributed by atoms with Crippen LogP contribution in [0, 0.1) is 0 Å². The standard InChI is InChI=1S/C8H8ClF2N3/c9-6-3-12-4-7(13-6)14-2-1-8(10,11)5-14/h3-4H,1-2,5H2. The first-order valence-electron chi connectivity index (χ1n) is 4.17. The van der Waals surface area contributed by atoms with Gasteiger partial charge in [-0.15, -0.1) is 0 Å². The summed E-state index contributed by atoms with van der Waals surface area (Å²) in [4.78, 5) is 9.20. The summed E-state index contributed by atoms with van der Waals surface area (Å²) in [6.45, 7) is -0.00988. The molecule has 0 radical (unpaired) electrons. The van der Waals surface area contributed by atoms with Crippen LogP contribution in [0.25, 0.3) is 0 Å². The van der Waals surface area contributed by atoms with E-state index in [2.05, 4.69) is 9.97 Å². The fourth-order valence-electron chi connectivity index (χ4n) is 1.42. The summed E-state index contributed by atoms with van der Waals surface area (Å²) >= 11 is 5.61. The molecule has 0 aliphatic carbocycles. The maximum absolute atomic E-state index is 12.9. The lowest BCUT2D eigenvalue weighted by Crippen LogP contribution is -2.25. The first kappa shape index (κ1) is 9.58. The Bertz CT molecular complexity index is 345. The lowest BCUT2D eigenvalue weighted by atomic mass is 10.3. The van der Waals surface area contributed by atoms with Crippen LogP contribution in [-0.2, 0) is 0 Å². The molecule has 14 heavy (non-hydrogen) atoms. The topological polar surface area (TPSA) is 29.0 Å². The van der Waals surface area contributed by atoms with Crippen LogP contribution in [0.15, 0.2) is 12.4 Å². The van der Waals surface area contributed by atoms with Crippen molar-refractivity contribution >= 4 is 17.4 Å². The monoisotopic (exact) mass is 219 g/mol. The molecular formula is C8H8ClF2N3. The van der Waals surface area contributed by atoms with Crippen LogP contribution in [0.3, 0.4) is 0 Å². The predicted octanol–water partition coefficient (Wildman–Crippen LogP) is 1.98. The van der Waals surface area contributed by atoms with Crippen LogP contribution >= 0.6 is 11.6 Å². The van der Waals surface area contributed by atoms with E-state index in [4.69, 9.17) is 11.6 Å². The molecule has 3 nitrogen and oxygen atoms in total. The quantitative estimate of drug-likeness (QED) is 0.723. The molecule has 1 aliphatic heterocycles. The Kier molecular flexibility index (Phi) is 2.26. The largest absolute Gasteiger partial charge is 0.349 e. The lowest BCUT2D eigenvalue weighted by Gasteiger charge is -2.16. The third-order valence-corrected chi connectivity index (χ3v) is 2.27. The van der Waals surface area contributed by atoms with E-state index in [1.54, 1.807) is 0 Å². The van der Waals surface area contributed by atoms with Gasteiger partial charge < -0.3 is 4.90 Å². The van der Waals surface area contributed by atoms with E-state index < -0.39 is 5.92 Å². The Morgan fingerprint density at radius 3 is 2.79 bits per heavy atom. The average Bonchev–Trinajstić information content (AvgIpc) is 2.46. The van der Waals surface area contributed by atoms with E-state index in [0.29, 0.717) is 12.4 Å². The SMILES string of the molecule is FC1(F)CCN(c2cncc(Cl)n2)C1. The predicted molar refractivity (Wildman–Crippen MR) is 48.8 cm³/mol. The summed E-state index contributed by atoms with van der Waals surface area (Å²) in [5.74, 6) is -2.21. The van der Waals surface area contributed by atoms with E-state index >= 15 is 0 Å². The molecule has 2 heterocycles. The number of hydrogen-bond donors (Lipinski definition) is 0. The van der Waals surface area contributed by atoms with E-state index in [9.17, 15) is 8.78 Å². The molecule has 1 saturated heterocycles. The fraction of sp³-hybridized carbons (Fsp3) is 0.500. The third-order valence-electron chi connectivity index (χ3n) is 2.09. The highest BCUT2D eigenvalue weighted by Crippen LogP contribution is 2.29. The molecule has 0 amide bonds. The van der Waals surface area contributed by atoms with Crippen molar-refractivity contribution in [1.82, 2.24) is 9.97 Å². The maximum Gasteiger partial charge on any atom is 0.266 e. The molecule has 1 aromatic heterocycles. The molecular weight excluding hydrogens is 212 g/mol. The zero-order chi connectivity index (χ0) is 10.2. The van der Waals surface area contributed by atoms with E-state index in [-0.39, 0.29) is 18.1 Å². The van der Waals surface area contributed by atoms with Gasteiger partial charge in [-0.25, -0.2) is 13.8 Å². The summed E-state index contributed by atoms with van der Waals surface area (Å²) in [7, 11) is 0. The lowest BCUT2D eigenvalue weighted by molar-refractivity contribution is 0.0256. The number of aromatic nitrogens is 2. The van der Waals surface area contributed by atoms with Gasteiger partial charge in [-0.1, -0.05) is 11.6 Å². The second-order valence-electron chi connectivity index (χ2n) is 3.23. The molecule has 1 fully saturated rings. The molecule has 1 aliphatic rings. The second kappa shape index (κ2) is 3.31. The Hall–Kier alpha value is -0.970. The number of alkyl halides is 2. The Morgan fingerprint density at radius 1 is 1.43 bits per heavy atom. The molecule has 6 heteroatoms. The van der Waals surface area contributed by atoms with Crippen LogP contribution in [0.2, 0.25) is 5.15 Å². The Morgan fingerprint density at radius 2 is 2.21 bits per heavy atom. The molecule has 0 bridgehead atoms. The van der Waals surface area contributed by atoms with Crippen molar-refractivity contribution in [1.29, 1.82) is 0 Å². The van der Waals surface area contributed by atoms with Crippen molar-refractivity contribution in [2.75, 3.05) is 18.0 Å². The van der Waals surface area contributed by atoms with Crippen molar-refractivity contribution in [3.63, 3.8) is 0 Å². The van der Waals surface area contributed by atoms with Gasteiger partial charge in [0.25, 0.3) is 5.92 Å². The fourth-order valence-corrected chi connectivity index (χ4v) is 1.56. The highest BCUT2D eigenvalue weighted by Gasteiger charge is 2.38. The van der Waals surface area contributed by atoms with Crippen LogP contribution in [0.5, 0.6) is 0 Å². The van der Waals surface area contributed by atoms with E-state index in [0.717, 1.165) is 0 Å². The number of anilines is 1. The second-order valence-corrected chi connectivity index (χ2v) is 3.61. The summed E-state index contributed by atoms with van der Waals surface area (Å²) in [6.07, 6.45) is 2.67. The summed E-state index contributed by atoms with van der Waals surface area (Å²) in [5.41, 5.74) is 0. The minimum absolute atomic E-state index is 0.138. The Balaban J connectivity index is 2.17. The minimum Gasteiger partial charge on any atom is -0.349 e. The summed E-state index contributed by atoms with van der Waals surface area (Å²) < 4.78 is 25.7. The van der Waals surface area contributed by atoms with Crippen LogP contribution in [0.1, 0.15) is 6.42 Å². The zero-order valence-electron chi connectivity index (χ0n) is 7.25. The van der Waals surface area contributed by atoms with E-state index in [1.165, 1.54) is 17.3 Å². The van der Waals surface area contributed by atoms with Gasteiger partial charge in [-0.3, -0.25) is 4.98 Å². The minimum atomic E-state index is -2.62. The average molecular weight is 220 g/mol. The van der Waals surface area contributed by atoms with Gasteiger partial charge in [0.15, 0.2) is 0 Å². The van der Waals surface area contributed by atoms with Gasteiger partial charge in [0, 0.05) is 13.0 Å². The molecule has 0 saturated carbocycles. The van der Waals surface area contributed by atoms with Crippen molar-refractivity contribution < 1.29 is 8.78 Å². The van der Waals surface area contributed by atoms with Gasteiger partial charge >= 0.3 is 0 Å². The third kappa shape index (κ3) is 1.92. The van der Waals surface area contributed by atoms with E-state index in [1.807, 2.05) is 0 Å². The molecule has 0 atom stereocenters. The first-order valence-corrected chi connectivity index (χ1v) is 4.55. The normalized spacial score (nSPS) is 20.1. The van der Waals surface area contributed by atoms with Crippen molar-refractivity contribution in [3.05, 3.63) is 17.5 Å². The van der Waals surface area contributed by atoms with Crippen molar-refractivity contribution in [2.24, 2.45) is 0 Å². The number of halogens is 3. The summed E-state index contributed by atoms with van der Waals surface area (Å²) in [6, 6.07) is 0. The highest BCUT2D eigenvalue weighted by molar-refractivity contribution is 6.29. The highest BCUT2D eigenvalue weighted by atomic mass is 35.5. The molecule has 0 N–H and O–H groups in total. The summed E-state index contributed by atoms with van der Waals surface area (Å²) in [5, 5.41) is 0.220. The Labute approximate surface area is 84.7 Å².